The van der Waals surface area contributed by atoms with Crippen molar-refractivity contribution in [1.82, 2.24) is 19.8 Å². The molecule has 0 atom stereocenters. The van der Waals surface area contributed by atoms with Gasteiger partial charge >= 0.3 is 0 Å². The highest BCUT2D eigenvalue weighted by molar-refractivity contribution is 7.99. The summed E-state index contributed by atoms with van der Waals surface area (Å²) in [4.78, 5) is 12.3. The average molecular weight is 399 g/mol. The number of carbonyl (C=O) groups is 1. The van der Waals surface area contributed by atoms with Gasteiger partial charge in [0.25, 0.3) is 0 Å². The molecule has 0 radical (unpaired) electrons. The highest BCUT2D eigenvalue weighted by Gasteiger charge is 2.12. The van der Waals surface area contributed by atoms with Gasteiger partial charge in [-0.15, -0.1) is 10.2 Å². The van der Waals surface area contributed by atoms with Crippen LogP contribution in [0.15, 0.2) is 65.7 Å². The van der Waals surface area contributed by atoms with Crippen molar-refractivity contribution in [3.8, 4) is 11.4 Å². The Kier molecular flexibility index (Phi) is 4.87. The molecule has 0 spiro atoms. The van der Waals surface area contributed by atoms with E-state index in [1.165, 1.54) is 23.9 Å². The van der Waals surface area contributed by atoms with Gasteiger partial charge in [0, 0.05) is 16.1 Å². The van der Waals surface area contributed by atoms with Gasteiger partial charge in [0.15, 0.2) is 17.3 Å². The van der Waals surface area contributed by atoms with Crippen molar-refractivity contribution < 1.29 is 9.18 Å². The molecule has 0 saturated heterocycles. The summed E-state index contributed by atoms with van der Waals surface area (Å²) in [5.74, 6) is 0.420. The van der Waals surface area contributed by atoms with E-state index in [-0.39, 0.29) is 17.4 Å². The third-order valence-corrected chi connectivity index (χ3v) is 5.03. The minimum absolute atomic E-state index is 0.0129. The quantitative estimate of drug-likeness (QED) is 0.364. The van der Waals surface area contributed by atoms with Crippen LogP contribution in [0.4, 0.5) is 4.39 Å². The van der Waals surface area contributed by atoms with Crippen LogP contribution in [0.3, 0.4) is 0 Å². The minimum atomic E-state index is -0.322. The molecule has 0 aliphatic carbocycles. The number of halogens is 2. The van der Waals surface area contributed by atoms with Gasteiger partial charge in [0.05, 0.1) is 5.75 Å². The van der Waals surface area contributed by atoms with Crippen LogP contribution < -0.4 is 0 Å². The smallest absolute Gasteiger partial charge is 0.185 e. The summed E-state index contributed by atoms with van der Waals surface area (Å²) in [6.07, 6.45) is 0. The predicted octanol–water partition coefficient (Wildman–Crippen LogP) is 4.56. The van der Waals surface area contributed by atoms with Gasteiger partial charge in [0.2, 0.25) is 0 Å². The lowest BCUT2D eigenvalue weighted by atomic mass is 10.1. The van der Waals surface area contributed by atoms with Gasteiger partial charge in [-0.1, -0.05) is 23.4 Å². The molecule has 0 aliphatic rings. The van der Waals surface area contributed by atoms with Crippen molar-refractivity contribution in [2.75, 3.05) is 5.75 Å². The largest absolute Gasteiger partial charge is 0.293 e. The number of benzene rings is 2. The third kappa shape index (κ3) is 3.84. The Morgan fingerprint density at radius 3 is 2.48 bits per heavy atom. The standard InChI is InChI=1S/C19H12ClFN4OS/c20-14-5-1-12(2-6-14)16(26)11-27-18-10-9-17-22-23-19(25(17)24-18)13-3-7-15(21)8-4-13/h1-10H,11H2. The Hall–Kier alpha value is -2.77. The number of hydrogen-bond donors (Lipinski definition) is 0. The van der Waals surface area contributed by atoms with E-state index in [0.29, 0.717) is 32.6 Å². The fourth-order valence-corrected chi connectivity index (χ4v) is 3.36. The van der Waals surface area contributed by atoms with Crippen molar-refractivity contribution in [3.63, 3.8) is 0 Å². The van der Waals surface area contributed by atoms with E-state index in [1.807, 2.05) is 0 Å². The van der Waals surface area contributed by atoms with Crippen LogP contribution in [0.2, 0.25) is 5.02 Å². The van der Waals surface area contributed by atoms with E-state index < -0.39 is 0 Å². The number of nitrogens with zero attached hydrogens (tertiary/aromatic N) is 4. The number of thioether (sulfide) groups is 1. The predicted molar refractivity (Wildman–Crippen MR) is 103 cm³/mol. The molecule has 27 heavy (non-hydrogen) atoms. The van der Waals surface area contributed by atoms with E-state index in [0.717, 1.165) is 0 Å². The topological polar surface area (TPSA) is 60.2 Å². The van der Waals surface area contributed by atoms with E-state index in [2.05, 4.69) is 15.3 Å². The van der Waals surface area contributed by atoms with Crippen molar-refractivity contribution in [1.29, 1.82) is 0 Å². The highest BCUT2D eigenvalue weighted by Crippen LogP contribution is 2.22. The van der Waals surface area contributed by atoms with Crippen molar-refractivity contribution in [2.24, 2.45) is 0 Å². The molecule has 5 nitrogen and oxygen atoms in total. The maximum absolute atomic E-state index is 13.1. The zero-order valence-electron chi connectivity index (χ0n) is 13.8. The summed E-state index contributed by atoms with van der Waals surface area (Å²) < 4.78 is 14.7. The molecular formula is C19H12ClFN4OS. The Morgan fingerprint density at radius 2 is 1.74 bits per heavy atom. The fourth-order valence-electron chi connectivity index (χ4n) is 2.49. The van der Waals surface area contributed by atoms with Gasteiger partial charge in [-0.05, 0) is 60.7 Å². The lowest BCUT2D eigenvalue weighted by Crippen LogP contribution is -2.03. The van der Waals surface area contributed by atoms with Gasteiger partial charge in [0.1, 0.15) is 10.8 Å². The number of rotatable bonds is 5. The molecule has 2 aromatic heterocycles. The van der Waals surface area contributed by atoms with E-state index >= 15 is 0 Å². The number of carbonyl (C=O) groups excluding carboxylic acids is 1. The first-order chi connectivity index (χ1) is 13.1. The second-order valence-electron chi connectivity index (χ2n) is 5.69. The normalized spacial score (nSPS) is 11.0. The minimum Gasteiger partial charge on any atom is -0.293 e. The molecule has 0 saturated carbocycles. The van der Waals surface area contributed by atoms with Crippen LogP contribution in [-0.4, -0.2) is 31.3 Å². The summed E-state index contributed by atoms with van der Waals surface area (Å²) in [5, 5.41) is 14.0. The maximum atomic E-state index is 13.1. The van der Waals surface area contributed by atoms with E-state index in [1.54, 1.807) is 53.0 Å². The van der Waals surface area contributed by atoms with Gasteiger partial charge in [-0.25, -0.2) is 4.39 Å². The van der Waals surface area contributed by atoms with Crippen LogP contribution in [0.5, 0.6) is 0 Å². The van der Waals surface area contributed by atoms with Gasteiger partial charge in [-0.2, -0.15) is 9.61 Å². The van der Waals surface area contributed by atoms with Crippen molar-refractivity contribution in [2.45, 2.75) is 5.03 Å². The summed E-state index contributed by atoms with van der Waals surface area (Å²) in [5.41, 5.74) is 1.88. The molecule has 0 amide bonds. The molecule has 0 unspecified atom stereocenters. The Labute approximate surface area is 163 Å². The SMILES string of the molecule is O=C(CSc1ccc2nnc(-c3ccc(F)cc3)n2n1)c1ccc(Cl)cc1. The Bertz CT molecular complexity index is 1110. The molecule has 2 heterocycles. The first-order valence-corrected chi connectivity index (χ1v) is 9.36. The Morgan fingerprint density at radius 1 is 1.00 bits per heavy atom. The van der Waals surface area contributed by atoms with E-state index in [9.17, 15) is 9.18 Å². The molecule has 0 N–H and O–H groups in total. The van der Waals surface area contributed by atoms with Crippen LogP contribution in [0.25, 0.3) is 17.0 Å². The summed E-state index contributed by atoms with van der Waals surface area (Å²) in [7, 11) is 0. The van der Waals surface area contributed by atoms with Crippen LogP contribution in [0, 0.1) is 5.82 Å². The number of ketones is 1. The average Bonchev–Trinajstić information content (AvgIpc) is 3.10. The van der Waals surface area contributed by atoms with Crippen LogP contribution >= 0.6 is 23.4 Å². The summed E-state index contributed by atoms with van der Waals surface area (Å²) in [6, 6.07) is 16.3. The monoisotopic (exact) mass is 398 g/mol. The molecule has 0 fully saturated rings. The zero-order chi connectivity index (χ0) is 18.8. The lowest BCUT2D eigenvalue weighted by molar-refractivity contribution is 0.102. The molecule has 0 aliphatic heterocycles. The number of aromatic nitrogens is 4. The molecule has 4 rings (SSSR count). The molecule has 2 aromatic carbocycles. The number of hydrogen-bond acceptors (Lipinski definition) is 5. The highest BCUT2D eigenvalue weighted by atomic mass is 35.5. The Balaban J connectivity index is 1.56. The zero-order valence-corrected chi connectivity index (χ0v) is 15.4. The molecule has 4 aromatic rings. The molecule has 134 valence electrons. The van der Waals surface area contributed by atoms with E-state index in [4.69, 9.17) is 11.6 Å². The molecular weight excluding hydrogens is 387 g/mol. The summed E-state index contributed by atoms with van der Waals surface area (Å²) >= 11 is 7.17. The first-order valence-electron chi connectivity index (χ1n) is 8.00. The van der Waals surface area contributed by atoms with Crippen molar-refractivity contribution >= 4 is 34.8 Å². The van der Waals surface area contributed by atoms with Crippen molar-refractivity contribution in [3.05, 3.63) is 77.1 Å². The summed E-state index contributed by atoms with van der Waals surface area (Å²) in [6.45, 7) is 0. The second kappa shape index (κ2) is 7.46. The van der Waals surface area contributed by atoms with Gasteiger partial charge < -0.3 is 0 Å². The first kappa shape index (κ1) is 17.6. The molecule has 0 bridgehead atoms. The fraction of sp³-hybridized carbons (Fsp3) is 0.0526. The second-order valence-corrected chi connectivity index (χ2v) is 7.12. The molecule has 8 heteroatoms. The lowest BCUT2D eigenvalue weighted by Gasteiger charge is -2.03. The van der Waals surface area contributed by atoms with Gasteiger partial charge in [-0.3, -0.25) is 4.79 Å². The van der Waals surface area contributed by atoms with Crippen LogP contribution in [-0.2, 0) is 0 Å². The number of Topliss-reactive ketones (excluding diaryl/α,β-unsaturated/α-hetero) is 1. The maximum Gasteiger partial charge on any atom is 0.185 e. The number of fused-ring (bicyclic) bond motifs is 1. The van der Waals surface area contributed by atoms with Crippen LogP contribution in [0.1, 0.15) is 10.4 Å². The third-order valence-electron chi connectivity index (χ3n) is 3.86.